The van der Waals surface area contributed by atoms with E-state index in [9.17, 15) is 0 Å². The summed E-state index contributed by atoms with van der Waals surface area (Å²) in [6.45, 7) is 2.33. The Morgan fingerprint density at radius 2 is 1.70 bits per heavy atom. The molecule has 4 heteroatoms. The summed E-state index contributed by atoms with van der Waals surface area (Å²) in [5, 5.41) is 3.97. The molecule has 0 spiro atoms. The van der Waals surface area contributed by atoms with E-state index in [-0.39, 0.29) is 0 Å². The lowest BCUT2D eigenvalue weighted by Gasteiger charge is -2.18. The third-order valence-corrected chi connectivity index (χ3v) is 3.87. The topological polar surface area (TPSA) is 41.3 Å². The van der Waals surface area contributed by atoms with E-state index in [1.165, 1.54) is 18.5 Å². The number of nitrogens with one attached hydrogen (secondary N) is 1. The molecule has 1 heterocycles. The van der Waals surface area contributed by atoms with Crippen molar-refractivity contribution in [3.05, 3.63) is 47.5 Å². The van der Waals surface area contributed by atoms with Crippen molar-refractivity contribution in [1.82, 2.24) is 0 Å². The molecule has 0 aliphatic carbocycles. The molecule has 20 heavy (non-hydrogen) atoms. The van der Waals surface area contributed by atoms with Gasteiger partial charge in [-0.25, -0.2) is 0 Å². The van der Waals surface area contributed by atoms with Gasteiger partial charge < -0.3 is 16.0 Å². The molecule has 3 rings (SSSR count). The molecule has 1 saturated heterocycles. The van der Waals surface area contributed by atoms with Crippen molar-refractivity contribution < 1.29 is 0 Å². The molecule has 3 nitrogen and oxygen atoms in total. The number of hydrogen-bond donors (Lipinski definition) is 2. The Morgan fingerprint density at radius 1 is 1.00 bits per heavy atom. The normalized spacial score (nSPS) is 14.6. The van der Waals surface area contributed by atoms with Crippen molar-refractivity contribution in [2.45, 2.75) is 12.8 Å². The van der Waals surface area contributed by atoms with Crippen LogP contribution in [0.2, 0.25) is 5.02 Å². The van der Waals surface area contributed by atoms with Crippen LogP contribution in [0.3, 0.4) is 0 Å². The number of nitrogens with zero attached hydrogens (tertiary/aromatic N) is 1. The van der Waals surface area contributed by atoms with Gasteiger partial charge in [-0.3, -0.25) is 0 Å². The molecule has 104 valence electrons. The Morgan fingerprint density at radius 3 is 2.35 bits per heavy atom. The van der Waals surface area contributed by atoms with Gasteiger partial charge in [0.05, 0.1) is 11.4 Å². The lowest BCUT2D eigenvalue weighted by molar-refractivity contribution is 0.949. The summed E-state index contributed by atoms with van der Waals surface area (Å²) in [5.41, 5.74) is 9.79. The van der Waals surface area contributed by atoms with E-state index < -0.39 is 0 Å². The van der Waals surface area contributed by atoms with Crippen molar-refractivity contribution in [2.75, 3.05) is 29.0 Å². The number of hydrogen-bond acceptors (Lipinski definition) is 3. The fourth-order valence-electron chi connectivity index (χ4n) is 2.53. The molecule has 0 bridgehead atoms. The van der Waals surface area contributed by atoms with E-state index in [1.807, 2.05) is 12.1 Å². The van der Waals surface area contributed by atoms with Crippen molar-refractivity contribution in [1.29, 1.82) is 0 Å². The highest BCUT2D eigenvalue weighted by atomic mass is 35.5. The van der Waals surface area contributed by atoms with Crippen molar-refractivity contribution in [3.63, 3.8) is 0 Å². The number of benzene rings is 2. The molecule has 0 radical (unpaired) electrons. The van der Waals surface area contributed by atoms with Crippen LogP contribution in [-0.4, -0.2) is 13.1 Å². The van der Waals surface area contributed by atoms with Gasteiger partial charge in [0.15, 0.2) is 0 Å². The van der Waals surface area contributed by atoms with E-state index in [4.69, 9.17) is 17.3 Å². The van der Waals surface area contributed by atoms with Gasteiger partial charge in [0.1, 0.15) is 0 Å². The van der Waals surface area contributed by atoms with E-state index in [0.29, 0.717) is 10.7 Å². The number of nitrogens with two attached hydrogens (primary N) is 1. The van der Waals surface area contributed by atoms with Crippen LogP contribution in [0.15, 0.2) is 42.5 Å². The standard InChI is InChI=1S/C16H18ClN3/c17-12-3-8-16(15(18)11-12)19-13-4-6-14(7-5-13)20-9-1-2-10-20/h3-8,11,19H,1-2,9-10,18H2. The molecule has 2 aromatic rings. The molecule has 0 atom stereocenters. The minimum absolute atomic E-state index is 0.650. The molecule has 1 aliphatic heterocycles. The highest BCUT2D eigenvalue weighted by molar-refractivity contribution is 6.31. The first-order valence-corrected chi connectivity index (χ1v) is 7.27. The Labute approximate surface area is 124 Å². The summed E-state index contributed by atoms with van der Waals surface area (Å²) in [7, 11) is 0. The molecule has 0 saturated carbocycles. The third-order valence-electron chi connectivity index (χ3n) is 3.63. The Bertz CT molecular complexity index is 589. The van der Waals surface area contributed by atoms with Crippen molar-refractivity contribution in [2.24, 2.45) is 0 Å². The van der Waals surface area contributed by atoms with Crippen LogP contribution >= 0.6 is 11.6 Å². The molecule has 2 aromatic carbocycles. The molecule has 3 N–H and O–H groups in total. The van der Waals surface area contributed by atoms with Gasteiger partial charge in [0.2, 0.25) is 0 Å². The zero-order valence-electron chi connectivity index (χ0n) is 11.3. The van der Waals surface area contributed by atoms with E-state index >= 15 is 0 Å². The van der Waals surface area contributed by atoms with Gasteiger partial charge in [-0.2, -0.15) is 0 Å². The Hall–Kier alpha value is -1.87. The van der Waals surface area contributed by atoms with Gasteiger partial charge in [-0.05, 0) is 55.3 Å². The smallest absolute Gasteiger partial charge is 0.0618 e. The molecule has 1 fully saturated rings. The molecule has 1 aliphatic rings. The molecular weight excluding hydrogens is 270 g/mol. The van der Waals surface area contributed by atoms with E-state index in [0.717, 1.165) is 24.5 Å². The zero-order valence-corrected chi connectivity index (χ0v) is 12.0. The van der Waals surface area contributed by atoms with Gasteiger partial charge >= 0.3 is 0 Å². The lowest BCUT2D eigenvalue weighted by Crippen LogP contribution is -2.17. The van der Waals surface area contributed by atoms with E-state index in [1.54, 1.807) is 6.07 Å². The molecule has 0 aromatic heterocycles. The molecule has 0 unspecified atom stereocenters. The highest BCUT2D eigenvalue weighted by Crippen LogP contribution is 2.28. The summed E-state index contributed by atoms with van der Waals surface area (Å²) in [6.07, 6.45) is 2.59. The summed E-state index contributed by atoms with van der Waals surface area (Å²) < 4.78 is 0. The fourth-order valence-corrected chi connectivity index (χ4v) is 2.71. The average Bonchev–Trinajstić information content (AvgIpc) is 2.97. The second-order valence-corrected chi connectivity index (χ2v) is 5.53. The monoisotopic (exact) mass is 287 g/mol. The third kappa shape index (κ3) is 2.83. The first kappa shape index (κ1) is 13.1. The van der Waals surface area contributed by atoms with Crippen LogP contribution < -0.4 is 16.0 Å². The number of nitrogen functional groups attached to an aromatic ring is 1. The van der Waals surface area contributed by atoms with Crippen LogP contribution in [0, 0.1) is 0 Å². The summed E-state index contributed by atoms with van der Waals surface area (Å²) in [6, 6.07) is 14.0. The van der Waals surface area contributed by atoms with Crippen LogP contribution in [0.25, 0.3) is 0 Å². The van der Waals surface area contributed by atoms with E-state index in [2.05, 4.69) is 34.5 Å². The van der Waals surface area contributed by atoms with Crippen LogP contribution in [0.1, 0.15) is 12.8 Å². The van der Waals surface area contributed by atoms with Crippen LogP contribution in [0.5, 0.6) is 0 Å². The summed E-state index contributed by atoms with van der Waals surface area (Å²) >= 11 is 5.90. The maximum Gasteiger partial charge on any atom is 0.0618 e. The van der Waals surface area contributed by atoms with Gasteiger partial charge in [0.25, 0.3) is 0 Å². The number of anilines is 4. The minimum Gasteiger partial charge on any atom is -0.397 e. The zero-order chi connectivity index (χ0) is 13.9. The lowest BCUT2D eigenvalue weighted by atomic mass is 10.2. The number of halogens is 1. The van der Waals surface area contributed by atoms with Crippen molar-refractivity contribution in [3.8, 4) is 0 Å². The maximum absolute atomic E-state index is 5.94. The fraction of sp³-hybridized carbons (Fsp3) is 0.250. The number of rotatable bonds is 3. The second kappa shape index (κ2) is 5.63. The van der Waals surface area contributed by atoms with Gasteiger partial charge in [-0.15, -0.1) is 0 Å². The minimum atomic E-state index is 0.650. The van der Waals surface area contributed by atoms with Gasteiger partial charge in [0, 0.05) is 29.5 Å². The Kier molecular flexibility index (Phi) is 3.70. The van der Waals surface area contributed by atoms with Gasteiger partial charge in [-0.1, -0.05) is 11.6 Å². The first-order valence-electron chi connectivity index (χ1n) is 6.89. The largest absolute Gasteiger partial charge is 0.397 e. The molecular formula is C16H18ClN3. The molecule has 0 amide bonds. The predicted octanol–water partition coefficient (Wildman–Crippen LogP) is 4.27. The second-order valence-electron chi connectivity index (χ2n) is 5.10. The quantitative estimate of drug-likeness (QED) is 0.829. The van der Waals surface area contributed by atoms with Crippen LogP contribution in [0.4, 0.5) is 22.7 Å². The van der Waals surface area contributed by atoms with Crippen LogP contribution in [-0.2, 0) is 0 Å². The summed E-state index contributed by atoms with van der Waals surface area (Å²) in [5.74, 6) is 0. The average molecular weight is 288 g/mol. The van der Waals surface area contributed by atoms with Crippen molar-refractivity contribution >= 4 is 34.4 Å². The Balaban J connectivity index is 1.74. The summed E-state index contributed by atoms with van der Waals surface area (Å²) in [4.78, 5) is 2.42. The highest BCUT2D eigenvalue weighted by Gasteiger charge is 2.11. The SMILES string of the molecule is Nc1cc(Cl)ccc1Nc1ccc(N2CCCC2)cc1. The first-order chi connectivity index (χ1) is 9.72. The predicted molar refractivity (Wildman–Crippen MR) is 87.0 cm³/mol. The maximum atomic E-state index is 5.94.